The average molecular weight is 816 g/mol. The van der Waals surface area contributed by atoms with Crippen LogP contribution in [0, 0.1) is 43.7 Å². The first-order chi connectivity index (χ1) is 22.5. The number of hydrogen-bond donors (Lipinski definition) is 0. The number of nitrogens with zero attached hydrogens (tertiary/aromatic N) is 4. The van der Waals surface area contributed by atoms with Gasteiger partial charge in [-0.3, -0.25) is 4.68 Å². The van der Waals surface area contributed by atoms with Crippen molar-refractivity contribution in [3.05, 3.63) is 119 Å². The summed E-state index contributed by atoms with van der Waals surface area (Å²) in [6.45, 7) is 20.6. The Morgan fingerprint density at radius 2 is 1.54 bits per heavy atom. The van der Waals surface area contributed by atoms with Crippen molar-refractivity contribution in [1.82, 2.24) is 19.3 Å². The van der Waals surface area contributed by atoms with Crippen molar-refractivity contribution in [2.45, 2.75) is 74.1 Å². The van der Waals surface area contributed by atoms with Crippen LogP contribution < -0.4 is 4.74 Å². The summed E-state index contributed by atoms with van der Waals surface area (Å²) in [7, 11) is 0. The molecular weight excluding hydrogens is 772 g/mol. The second kappa shape index (κ2) is 13.2. The molecule has 248 valence electrons. The van der Waals surface area contributed by atoms with Crippen molar-refractivity contribution in [2.24, 2.45) is 17.8 Å². The molecule has 7 rings (SSSR count). The zero-order valence-corrected chi connectivity index (χ0v) is 31.6. The van der Waals surface area contributed by atoms with Gasteiger partial charge >= 0.3 is 21.1 Å². The largest absolute Gasteiger partial charge is 2.00 e. The van der Waals surface area contributed by atoms with Gasteiger partial charge in [-0.15, -0.1) is 35.7 Å². The zero-order chi connectivity index (χ0) is 33.1. The van der Waals surface area contributed by atoms with Crippen LogP contribution in [0.1, 0.15) is 82.8 Å². The SMILES string of the molecule is CC1=C(C)[C@H](C)[C@H](C)[C@H](C)C1c1c(C)nn(-c2[c-]c(Oc3[c-]c4c(cc3)c3ccccc3n4-c3cc(C(C)C)ccn3)ccc2)c1C.[Pt+2]. The predicted octanol–water partition coefficient (Wildman–Crippen LogP) is 10.8. The van der Waals surface area contributed by atoms with Gasteiger partial charge in [-0.05, 0) is 86.2 Å². The van der Waals surface area contributed by atoms with Crippen LogP contribution in [0.15, 0.2) is 84.1 Å². The number of hydrogen-bond acceptors (Lipinski definition) is 3. The second-order valence-corrected chi connectivity index (χ2v) is 13.9. The number of benzene rings is 3. The maximum absolute atomic E-state index is 6.47. The monoisotopic (exact) mass is 815 g/mol. The third-order valence-corrected chi connectivity index (χ3v) is 11.0. The maximum atomic E-state index is 6.47. The predicted molar refractivity (Wildman–Crippen MR) is 192 cm³/mol. The fourth-order valence-electron chi connectivity index (χ4n) is 7.80. The van der Waals surface area contributed by atoms with E-state index in [1.165, 1.54) is 22.3 Å². The summed E-state index contributed by atoms with van der Waals surface area (Å²) in [6, 6.07) is 29.9. The third kappa shape index (κ3) is 5.64. The Balaban J connectivity index is 0.00000401. The van der Waals surface area contributed by atoms with Crippen LogP contribution >= 0.6 is 0 Å². The Labute approximate surface area is 299 Å². The molecule has 1 aliphatic rings. The summed E-state index contributed by atoms with van der Waals surface area (Å²) in [5.41, 5.74) is 10.7. The number of allylic oxidation sites excluding steroid dienone is 2. The van der Waals surface area contributed by atoms with Crippen LogP contribution in [0.4, 0.5) is 0 Å². The molecule has 0 N–H and O–H groups in total. The molecule has 4 atom stereocenters. The molecule has 1 unspecified atom stereocenters. The van der Waals surface area contributed by atoms with Crippen molar-refractivity contribution in [2.75, 3.05) is 0 Å². The van der Waals surface area contributed by atoms with Crippen molar-refractivity contribution >= 4 is 21.8 Å². The number of rotatable bonds is 6. The van der Waals surface area contributed by atoms with Crippen LogP contribution in [0.2, 0.25) is 0 Å². The molecule has 5 nitrogen and oxygen atoms in total. The number of aromatic nitrogens is 4. The minimum absolute atomic E-state index is 0. The topological polar surface area (TPSA) is 44.9 Å². The van der Waals surface area contributed by atoms with E-state index in [-0.39, 0.29) is 21.1 Å². The molecule has 1 aliphatic carbocycles. The summed E-state index contributed by atoms with van der Waals surface area (Å²) in [5.74, 6) is 4.62. The molecule has 0 saturated heterocycles. The summed E-state index contributed by atoms with van der Waals surface area (Å²) in [4.78, 5) is 4.78. The van der Waals surface area contributed by atoms with E-state index < -0.39 is 0 Å². The van der Waals surface area contributed by atoms with E-state index in [1.54, 1.807) is 0 Å². The molecule has 0 fully saturated rings. The van der Waals surface area contributed by atoms with E-state index in [4.69, 9.17) is 14.8 Å². The van der Waals surface area contributed by atoms with Crippen molar-refractivity contribution in [3.63, 3.8) is 0 Å². The number of aryl methyl sites for hydroxylation is 1. The first-order valence-corrected chi connectivity index (χ1v) is 16.9. The van der Waals surface area contributed by atoms with Gasteiger partial charge in [0, 0.05) is 40.4 Å². The van der Waals surface area contributed by atoms with Gasteiger partial charge in [0.15, 0.2) is 0 Å². The zero-order valence-electron chi connectivity index (χ0n) is 29.3. The summed E-state index contributed by atoms with van der Waals surface area (Å²) < 4.78 is 10.7. The van der Waals surface area contributed by atoms with E-state index in [2.05, 4.69) is 128 Å². The van der Waals surface area contributed by atoms with Crippen LogP contribution in [-0.4, -0.2) is 19.3 Å². The minimum atomic E-state index is 0. The summed E-state index contributed by atoms with van der Waals surface area (Å²) in [5, 5.41) is 7.33. The van der Waals surface area contributed by atoms with Gasteiger partial charge < -0.3 is 9.30 Å². The quantitative estimate of drug-likeness (QED) is 0.124. The third-order valence-electron chi connectivity index (χ3n) is 11.0. The molecular formula is C42H44N4OPt. The average Bonchev–Trinajstić information content (AvgIpc) is 3.56. The molecule has 0 aliphatic heterocycles. The molecule has 3 aromatic heterocycles. The Kier molecular flexibility index (Phi) is 9.30. The van der Waals surface area contributed by atoms with Gasteiger partial charge in [0.25, 0.3) is 0 Å². The van der Waals surface area contributed by atoms with Gasteiger partial charge in [0.05, 0.1) is 5.69 Å². The molecule has 0 bridgehead atoms. The Morgan fingerprint density at radius 1 is 0.792 bits per heavy atom. The molecule has 0 radical (unpaired) electrons. The number of ether oxygens (including phenoxy) is 1. The summed E-state index contributed by atoms with van der Waals surface area (Å²) >= 11 is 0. The second-order valence-electron chi connectivity index (χ2n) is 13.9. The van der Waals surface area contributed by atoms with E-state index >= 15 is 0 Å². The van der Waals surface area contributed by atoms with Gasteiger partial charge in [-0.1, -0.05) is 69.5 Å². The van der Waals surface area contributed by atoms with Crippen molar-refractivity contribution in [1.29, 1.82) is 0 Å². The first kappa shape index (κ1) is 33.9. The Bertz CT molecular complexity index is 2170. The minimum Gasteiger partial charge on any atom is -0.509 e. The van der Waals surface area contributed by atoms with Crippen LogP contribution in [0.25, 0.3) is 33.3 Å². The van der Waals surface area contributed by atoms with Gasteiger partial charge in [0.1, 0.15) is 5.82 Å². The Hall–Kier alpha value is -3.95. The standard InChI is InChI=1S/C42H44N4O.Pt/c1-24(2)32-19-20-43-40(21-32)45-38-16-11-10-15-36(38)37-18-17-35(23-39(37)45)47-34-14-12-13-33(22-34)46-31(9)42(30(8)44-46)41-28(6)26(4)25(3)27(5)29(41)7;/h10-21,24-26,28,41H,1-9H3;/q-2;+2/t25-,26+,28+,41?;/m1./s1. The number of fused-ring (bicyclic) bond motifs is 3. The number of pyridine rings is 1. The van der Waals surface area contributed by atoms with Gasteiger partial charge in [-0.2, -0.15) is 17.2 Å². The fourth-order valence-corrected chi connectivity index (χ4v) is 7.80. The molecule has 3 aromatic carbocycles. The van der Waals surface area contributed by atoms with E-state index in [0.29, 0.717) is 41.1 Å². The fraction of sp³-hybridized carbons (Fsp3) is 0.333. The molecule has 48 heavy (non-hydrogen) atoms. The molecule has 3 heterocycles. The molecule has 6 heteroatoms. The van der Waals surface area contributed by atoms with Gasteiger partial charge in [0.2, 0.25) is 0 Å². The van der Waals surface area contributed by atoms with Crippen molar-refractivity contribution in [3.8, 4) is 23.0 Å². The Morgan fingerprint density at radius 3 is 2.31 bits per heavy atom. The van der Waals surface area contributed by atoms with Gasteiger partial charge in [-0.25, -0.2) is 4.98 Å². The van der Waals surface area contributed by atoms with E-state index in [0.717, 1.165) is 44.7 Å². The molecule has 6 aromatic rings. The molecule has 0 saturated carbocycles. The first-order valence-electron chi connectivity index (χ1n) is 16.9. The van der Waals surface area contributed by atoms with Crippen LogP contribution in [0.5, 0.6) is 11.5 Å². The van der Waals surface area contributed by atoms with E-state index in [1.807, 2.05) is 29.1 Å². The molecule has 0 spiro atoms. The van der Waals surface area contributed by atoms with Crippen molar-refractivity contribution < 1.29 is 25.8 Å². The molecule has 0 amide bonds. The maximum Gasteiger partial charge on any atom is 2.00 e. The summed E-state index contributed by atoms with van der Waals surface area (Å²) in [6.07, 6.45) is 1.89. The smallest absolute Gasteiger partial charge is 0.509 e. The van der Waals surface area contributed by atoms with E-state index in [9.17, 15) is 0 Å². The normalized spacial score (nSPS) is 19.7. The van der Waals surface area contributed by atoms with Crippen LogP contribution in [-0.2, 0) is 21.1 Å². The van der Waals surface area contributed by atoms with Crippen LogP contribution in [0.3, 0.4) is 0 Å². The number of para-hydroxylation sites is 1.